The fraction of sp³-hybridized carbons (Fsp3) is 0.581. The topological polar surface area (TPSA) is 227 Å². The summed E-state index contributed by atoms with van der Waals surface area (Å²) in [5.74, 6) is -5.12. The van der Waals surface area contributed by atoms with E-state index in [1.807, 2.05) is 44.2 Å². The molecule has 17 heteroatoms. The fourth-order valence-electron chi connectivity index (χ4n) is 7.77. The van der Waals surface area contributed by atoms with Gasteiger partial charge in [0.15, 0.2) is 0 Å². The van der Waals surface area contributed by atoms with E-state index in [0.717, 1.165) is 5.56 Å². The highest BCUT2D eigenvalue weighted by Crippen LogP contribution is 2.48. The number of ether oxygens (including phenoxy) is 2. The fourth-order valence-corrected chi connectivity index (χ4v) is 9.79. The summed E-state index contributed by atoms with van der Waals surface area (Å²) in [4.78, 5) is 95.3. The van der Waals surface area contributed by atoms with Crippen LogP contribution in [0.4, 0.5) is 4.79 Å². The highest BCUT2D eigenvalue weighted by atomic mass is 31.2. The first-order valence-electron chi connectivity index (χ1n) is 21.0. The Morgan fingerprint density at radius 1 is 0.817 bits per heavy atom. The van der Waals surface area contributed by atoms with Crippen LogP contribution < -0.4 is 21.7 Å². The minimum Gasteiger partial charge on any atom is -0.467 e. The number of hydrogen-bond acceptors (Lipinski definition) is 10. The zero-order valence-electron chi connectivity index (χ0n) is 35.3. The molecule has 0 spiro atoms. The van der Waals surface area contributed by atoms with E-state index < -0.39 is 85.1 Å². The maximum atomic E-state index is 14.4. The van der Waals surface area contributed by atoms with Crippen LogP contribution in [-0.2, 0) is 51.0 Å². The van der Waals surface area contributed by atoms with Crippen molar-refractivity contribution in [3.05, 3.63) is 71.8 Å². The van der Waals surface area contributed by atoms with Gasteiger partial charge in [-0.05, 0) is 75.0 Å². The van der Waals surface area contributed by atoms with Crippen LogP contribution in [0, 0.1) is 11.8 Å². The summed E-state index contributed by atoms with van der Waals surface area (Å²) in [7, 11) is -3.16. The first kappa shape index (κ1) is 47.9. The van der Waals surface area contributed by atoms with Gasteiger partial charge < -0.3 is 41.0 Å². The van der Waals surface area contributed by atoms with Crippen LogP contribution in [0.2, 0.25) is 0 Å². The van der Waals surface area contributed by atoms with Gasteiger partial charge in [-0.25, -0.2) is 9.59 Å². The van der Waals surface area contributed by atoms with Crippen LogP contribution in [0.15, 0.2) is 60.7 Å². The van der Waals surface area contributed by atoms with E-state index in [4.69, 9.17) is 15.2 Å². The molecule has 0 bridgehead atoms. The molecule has 0 aromatic heterocycles. The number of benzene rings is 2. The maximum absolute atomic E-state index is 14.4. The predicted molar refractivity (Wildman–Crippen MR) is 225 cm³/mol. The third-order valence-corrected chi connectivity index (χ3v) is 13.3. The standard InChI is InChI=1S/C43H63N6O10P/c1-29(2)25-34(42(54)58-4)46-39(51)35-20-13-23-48(35)41(53)30(3)28-60(56,57)37(26-31-15-7-5-8-16-31)47-38(50)33(19-11-12-22-44)45-40(52)36-21-14-24-49(36)43(55)59-27-32-17-9-6-10-18-32/h5-10,15-18,29-30,33-37H,11-14,19-28,44H2,1-4H3,(H,45,52)(H,46,51)(H,47,50)(H,56,57)/t30?,33-,34-,35-,36-,37?/m0/s1. The Balaban J connectivity index is 1.48. The third kappa shape index (κ3) is 13.9. The molecule has 0 aliphatic carbocycles. The average molecular weight is 855 g/mol. The molecule has 2 aromatic rings. The molecule has 2 aliphatic heterocycles. The Labute approximate surface area is 353 Å². The van der Waals surface area contributed by atoms with E-state index in [-0.39, 0.29) is 31.9 Å². The van der Waals surface area contributed by atoms with Crippen molar-refractivity contribution in [1.29, 1.82) is 0 Å². The van der Waals surface area contributed by atoms with E-state index in [1.54, 1.807) is 30.3 Å². The van der Waals surface area contributed by atoms with E-state index >= 15 is 0 Å². The van der Waals surface area contributed by atoms with Crippen molar-refractivity contribution < 1.29 is 47.7 Å². The number of likely N-dealkylation sites (tertiary alicyclic amines) is 2. The molecule has 2 aromatic carbocycles. The quantitative estimate of drug-likeness (QED) is 0.0692. The van der Waals surface area contributed by atoms with Crippen LogP contribution in [0.3, 0.4) is 0 Å². The molecule has 60 heavy (non-hydrogen) atoms. The van der Waals surface area contributed by atoms with Crippen molar-refractivity contribution in [2.24, 2.45) is 17.6 Å². The van der Waals surface area contributed by atoms with Gasteiger partial charge in [0.1, 0.15) is 36.6 Å². The molecule has 2 heterocycles. The molecule has 16 nitrogen and oxygen atoms in total. The number of nitrogens with one attached hydrogen (secondary N) is 3. The summed E-state index contributed by atoms with van der Waals surface area (Å²) in [6.07, 6.45) is 2.15. The number of nitrogens with two attached hydrogens (primary N) is 1. The number of nitrogens with zero attached hydrogens (tertiary/aromatic N) is 2. The number of rotatable bonds is 21. The van der Waals surface area contributed by atoms with E-state index in [2.05, 4.69) is 16.0 Å². The molecule has 6 N–H and O–H groups in total. The molecule has 2 saturated heterocycles. The van der Waals surface area contributed by atoms with E-state index in [9.17, 15) is 38.2 Å². The smallest absolute Gasteiger partial charge is 0.410 e. The van der Waals surface area contributed by atoms with Crippen LogP contribution >= 0.6 is 7.37 Å². The second kappa shape index (κ2) is 23.3. The number of amides is 5. The lowest BCUT2D eigenvalue weighted by molar-refractivity contribution is -0.147. The SMILES string of the molecule is COC(=O)[C@H](CC(C)C)NC(=O)[C@@H]1CCCN1C(=O)C(C)CP(=O)(O)C(Cc1ccccc1)NC(=O)[C@H](CCCCN)NC(=O)[C@@H]1CCCN1C(=O)OCc1ccccc1. The lowest BCUT2D eigenvalue weighted by Gasteiger charge is -2.31. The summed E-state index contributed by atoms with van der Waals surface area (Å²) in [6, 6.07) is 14.2. The van der Waals surface area contributed by atoms with Crippen LogP contribution in [0.5, 0.6) is 0 Å². The van der Waals surface area contributed by atoms with Crippen LogP contribution in [0.1, 0.15) is 83.3 Å². The number of hydrogen-bond donors (Lipinski definition) is 5. The molecule has 0 saturated carbocycles. The Kier molecular flexibility index (Phi) is 18.6. The average Bonchev–Trinajstić information content (AvgIpc) is 3.93. The second-order valence-corrected chi connectivity index (χ2v) is 18.7. The lowest BCUT2D eigenvalue weighted by atomic mass is 10.0. The summed E-state index contributed by atoms with van der Waals surface area (Å²) in [5.41, 5.74) is 7.20. The van der Waals surface area contributed by atoms with E-state index in [1.165, 1.54) is 23.8 Å². The summed E-state index contributed by atoms with van der Waals surface area (Å²) in [6.45, 7) is 6.27. The molecule has 0 radical (unpaired) electrons. The highest BCUT2D eigenvalue weighted by Gasteiger charge is 2.42. The maximum Gasteiger partial charge on any atom is 0.410 e. The molecule has 7 atom stereocenters. The van der Waals surface area contributed by atoms with Gasteiger partial charge in [0.2, 0.25) is 31.0 Å². The first-order chi connectivity index (χ1) is 28.6. The highest BCUT2D eigenvalue weighted by molar-refractivity contribution is 7.58. The Hall–Kier alpha value is -4.79. The molecule has 2 fully saturated rings. The first-order valence-corrected chi connectivity index (χ1v) is 22.9. The molecule has 2 aliphatic rings. The Morgan fingerprint density at radius 3 is 1.97 bits per heavy atom. The van der Waals surface area contributed by atoms with Gasteiger partial charge in [-0.1, -0.05) is 81.4 Å². The van der Waals surface area contributed by atoms with Gasteiger partial charge in [-0.2, -0.15) is 0 Å². The molecule has 5 amide bonds. The molecular weight excluding hydrogens is 791 g/mol. The Morgan fingerprint density at radius 2 is 1.38 bits per heavy atom. The molecule has 330 valence electrons. The van der Waals surface area contributed by atoms with Crippen molar-refractivity contribution in [2.45, 2.75) is 115 Å². The summed E-state index contributed by atoms with van der Waals surface area (Å²) < 4.78 is 24.8. The van der Waals surface area contributed by atoms with Gasteiger partial charge in [-0.15, -0.1) is 0 Å². The third-order valence-electron chi connectivity index (χ3n) is 10.9. The zero-order chi connectivity index (χ0) is 43.8. The van der Waals surface area contributed by atoms with Crippen molar-refractivity contribution in [3.63, 3.8) is 0 Å². The lowest BCUT2D eigenvalue weighted by Crippen LogP contribution is -2.54. The van der Waals surface area contributed by atoms with Gasteiger partial charge in [-0.3, -0.25) is 28.6 Å². The van der Waals surface area contributed by atoms with Crippen molar-refractivity contribution in [3.8, 4) is 0 Å². The van der Waals surface area contributed by atoms with Gasteiger partial charge in [0.25, 0.3) is 0 Å². The normalized spacial score (nSPS) is 19.4. The zero-order valence-corrected chi connectivity index (χ0v) is 36.1. The summed E-state index contributed by atoms with van der Waals surface area (Å²) >= 11 is 0. The van der Waals surface area contributed by atoms with Gasteiger partial charge in [0, 0.05) is 31.6 Å². The number of carbonyl (C=O) groups is 6. The number of esters is 1. The van der Waals surface area contributed by atoms with Crippen molar-refractivity contribution >= 4 is 43.1 Å². The van der Waals surface area contributed by atoms with Gasteiger partial charge >= 0.3 is 12.1 Å². The Bertz CT molecular complexity index is 1800. The predicted octanol–water partition coefficient (Wildman–Crippen LogP) is 3.69. The monoisotopic (exact) mass is 854 g/mol. The van der Waals surface area contributed by atoms with E-state index in [0.29, 0.717) is 63.6 Å². The molecule has 4 rings (SSSR count). The number of carbonyl (C=O) groups excluding carboxylic acids is 6. The second-order valence-electron chi connectivity index (χ2n) is 16.2. The number of methoxy groups -OCH3 is 1. The minimum absolute atomic E-state index is 0.0344. The van der Waals surface area contributed by atoms with Crippen LogP contribution in [-0.4, -0.2) is 113 Å². The van der Waals surface area contributed by atoms with Crippen molar-refractivity contribution in [2.75, 3.05) is 32.9 Å². The molecular formula is C43H63N6O10P. The number of unbranched alkanes of at least 4 members (excludes halogenated alkanes) is 1. The molecule has 3 unspecified atom stereocenters. The van der Waals surface area contributed by atoms with Gasteiger partial charge in [0.05, 0.1) is 7.11 Å². The summed E-state index contributed by atoms with van der Waals surface area (Å²) in [5, 5.41) is 8.30. The largest absolute Gasteiger partial charge is 0.467 e. The van der Waals surface area contributed by atoms with Crippen molar-refractivity contribution in [1.82, 2.24) is 25.8 Å². The minimum atomic E-state index is -4.40. The van der Waals surface area contributed by atoms with Crippen LogP contribution in [0.25, 0.3) is 0 Å².